The van der Waals surface area contributed by atoms with Crippen LogP contribution in [-0.2, 0) is 51.2 Å². The first kappa shape index (κ1) is 7870. The van der Waals surface area contributed by atoms with Crippen LogP contribution in [0.4, 0.5) is 0 Å². The van der Waals surface area contributed by atoms with Crippen molar-refractivity contribution >= 4 is 0 Å². The number of hydrogen-bond donors (Lipinski definition) is 0. The minimum absolute atomic E-state index is 0. The molecule has 12 nitrogen and oxygen atoms in total. The SMILES string of the molecule is O.O.O.O.O.O.O.O.O.[Cr+3].[Cr+3].[O-2].[O-2].[O-2]. The van der Waals surface area contributed by atoms with Gasteiger partial charge in [0.25, 0.3) is 0 Å². The molecule has 0 rings (SSSR count). The molecular weight excluding hydrogens is 296 g/mol. The van der Waals surface area contributed by atoms with Crippen LogP contribution in [0.15, 0.2) is 0 Å². The Balaban J connectivity index is 0. The van der Waals surface area contributed by atoms with Crippen LogP contribution in [0.2, 0.25) is 0 Å². The van der Waals surface area contributed by atoms with E-state index in [9.17, 15) is 0 Å². The smallest absolute Gasteiger partial charge is 2.00 e. The van der Waals surface area contributed by atoms with Gasteiger partial charge in [0.05, 0.1) is 0 Å². The molecule has 14 heavy (non-hydrogen) atoms. The Hall–Kier alpha value is 0.585. The van der Waals surface area contributed by atoms with E-state index in [0.29, 0.717) is 0 Å². The van der Waals surface area contributed by atoms with Gasteiger partial charge in [0.2, 0.25) is 0 Å². The van der Waals surface area contributed by atoms with Crippen LogP contribution in [0.5, 0.6) is 0 Å². The molecule has 0 aliphatic heterocycles. The first-order valence-corrected chi connectivity index (χ1v) is 0. The molecule has 0 amide bonds. The maximum absolute atomic E-state index is 0. The maximum Gasteiger partial charge on any atom is 3.00 e. The second kappa shape index (κ2) is 6290. The topological polar surface area (TPSA) is 369 Å². The van der Waals surface area contributed by atoms with Crippen LogP contribution < -0.4 is 0 Å². The molecule has 0 unspecified atom stereocenters. The summed E-state index contributed by atoms with van der Waals surface area (Å²) >= 11 is 0. The second-order valence-corrected chi connectivity index (χ2v) is 0. The van der Waals surface area contributed by atoms with Gasteiger partial charge in [0.15, 0.2) is 0 Å². The molecule has 0 spiro atoms. The van der Waals surface area contributed by atoms with Gasteiger partial charge in [-0.1, -0.05) is 0 Å². The zero-order chi connectivity index (χ0) is 0. The zero-order valence-corrected chi connectivity index (χ0v) is 9.09. The molecule has 0 bridgehead atoms. The molecule has 0 atom stereocenters. The van der Waals surface area contributed by atoms with E-state index in [4.69, 9.17) is 0 Å². The number of rotatable bonds is 0. The standard InChI is InChI=1S/2Cr.9H2O.3O/h;;9*1H2;;;/q2*+3;;;;;;;;;;3*-2. The molecule has 0 heterocycles. The average molecular weight is 314 g/mol. The van der Waals surface area contributed by atoms with Crippen LogP contribution >= 0.6 is 0 Å². The summed E-state index contributed by atoms with van der Waals surface area (Å²) in [5.41, 5.74) is 0. The Labute approximate surface area is 101 Å². The van der Waals surface area contributed by atoms with Gasteiger partial charge >= 0.3 is 34.7 Å². The van der Waals surface area contributed by atoms with Crippen molar-refractivity contribution < 1.29 is 100 Å². The molecule has 18 N–H and O–H groups in total. The summed E-state index contributed by atoms with van der Waals surface area (Å²) < 4.78 is 0. The molecule has 0 aromatic rings. The molecular formula is H18Cr2O12. The second-order valence-electron chi connectivity index (χ2n) is 0. The van der Waals surface area contributed by atoms with Crippen LogP contribution in [0.3, 0.4) is 0 Å². The molecule has 14 heteroatoms. The Morgan fingerprint density at radius 3 is 0.214 bits per heavy atom. The van der Waals surface area contributed by atoms with E-state index in [-0.39, 0.29) is 100 Å². The van der Waals surface area contributed by atoms with E-state index < -0.39 is 0 Å². The Bertz CT molecular complexity index is 8.28. The van der Waals surface area contributed by atoms with Crippen molar-refractivity contribution in [3.63, 3.8) is 0 Å². The van der Waals surface area contributed by atoms with E-state index in [1.54, 1.807) is 0 Å². The van der Waals surface area contributed by atoms with Crippen molar-refractivity contribution in [3.8, 4) is 0 Å². The maximum atomic E-state index is 0. The molecule has 0 aliphatic carbocycles. The summed E-state index contributed by atoms with van der Waals surface area (Å²) in [4.78, 5) is 0. The predicted octanol–water partition coefficient (Wildman–Crippen LogP) is -7.78. The van der Waals surface area contributed by atoms with E-state index in [1.807, 2.05) is 0 Å². The average Bonchev–Trinajstić information content (AvgIpc) is 0. The number of hydrogen-bond acceptors (Lipinski definition) is 0. The summed E-state index contributed by atoms with van der Waals surface area (Å²) in [5.74, 6) is 0. The molecule has 0 aliphatic rings. The van der Waals surface area contributed by atoms with E-state index in [2.05, 4.69) is 0 Å². The van der Waals surface area contributed by atoms with E-state index in [1.165, 1.54) is 0 Å². The fraction of sp³-hybridized carbons (Fsp3) is 0. The zero-order valence-electron chi connectivity index (χ0n) is 6.54. The first-order chi connectivity index (χ1) is 0. The summed E-state index contributed by atoms with van der Waals surface area (Å²) in [6.07, 6.45) is 0. The molecule has 0 saturated heterocycles. The Morgan fingerprint density at radius 1 is 0.214 bits per heavy atom. The minimum atomic E-state index is 0. The Kier molecular flexibility index (Phi) is 3530000. The van der Waals surface area contributed by atoms with Crippen molar-refractivity contribution in [2.75, 3.05) is 0 Å². The van der Waals surface area contributed by atoms with Crippen molar-refractivity contribution in [1.29, 1.82) is 0 Å². The first-order valence-electron chi connectivity index (χ1n) is 0. The third-order valence-electron chi connectivity index (χ3n) is 0. The van der Waals surface area contributed by atoms with Gasteiger partial charge < -0.3 is 65.7 Å². The fourth-order valence-electron chi connectivity index (χ4n) is 0. The monoisotopic (exact) mass is 314 g/mol. The Morgan fingerprint density at radius 2 is 0.214 bits per heavy atom. The molecule has 2 radical (unpaired) electrons. The summed E-state index contributed by atoms with van der Waals surface area (Å²) in [6, 6.07) is 0. The summed E-state index contributed by atoms with van der Waals surface area (Å²) in [6.45, 7) is 0. The van der Waals surface area contributed by atoms with Gasteiger partial charge in [-0.2, -0.15) is 0 Å². The third-order valence-corrected chi connectivity index (χ3v) is 0. The van der Waals surface area contributed by atoms with Gasteiger partial charge in [-0.25, -0.2) is 0 Å². The third kappa shape index (κ3) is 4940. The predicted molar refractivity (Wildman–Crippen MR) is 34.6 cm³/mol. The molecule has 102 valence electrons. The van der Waals surface area contributed by atoms with Gasteiger partial charge in [0, 0.05) is 0 Å². The van der Waals surface area contributed by atoms with Crippen molar-refractivity contribution in [2.24, 2.45) is 0 Å². The van der Waals surface area contributed by atoms with Crippen LogP contribution in [0.1, 0.15) is 0 Å². The molecule has 0 aromatic carbocycles. The molecule has 0 saturated carbocycles. The van der Waals surface area contributed by atoms with Crippen LogP contribution in [-0.4, -0.2) is 49.3 Å². The van der Waals surface area contributed by atoms with Crippen LogP contribution in [0.25, 0.3) is 0 Å². The minimum Gasteiger partial charge on any atom is -2.00 e. The van der Waals surface area contributed by atoms with Crippen LogP contribution in [0, 0.1) is 0 Å². The molecule has 0 aromatic heterocycles. The fourth-order valence-corrected chi connectivity index (χ4v) is 0. The summed E-state index contributed by atoms with van der Waals surface area (Å²) in [5, 5.41) is 0. The van der Waals surface area contributed by atoms with Crippen molar-refractivity contribution in [2.45, 2.75) is 0 Å². The van der Waals surface area contributed by atoms with Crippen molar-refractivity contribution in [1.82, 2.24) is 0 Å². The molecule has 0 fully saturated rings. The largest absolute Gasteiger partial charge is 3.00 e. The quantitative estimate of drug-likeness (QED) is 0.401. The van der Waals surface area contributed by atoms with Gasteiger partial charge in [-0.15, -0.1) is 0 Å². The van der Waals surface area contributed by atoms with Gasteiger partial charge in [-0.05, 0) is 0 Å². The normalized spacial score (nSPS) is 0. The van der Waals surface area contributed by atoms with Gasteiger partial charge in [0.1, 0.15) is 0 Å². The van der Waals surface area contributed by atoms with Gasteiger partial charge in [-0.3, -0.25) is 0 Å². The summed E-state index contributed by atoms with van der Waals surface area (Å²) in [7, 11) is 0. The van der Waals surface area contributed by atoms with E-state index >= 15 is 0 Å². The van der Waals surface area contributed by atoms with Crippen molar-refractivity contribution in [3.05, 3.63) is 0 Å². The van der Waals surface area contributed by atoms with E-state index in [0.717, 1.165) is 0 Å².